The standard InChI is InChI=1S/C63H110N8O15/c1-20-41(6)54(70(17)59(78)52(39(2)3)68-58(77)53(40(4)5)69(15)16)48(81-18)35-50(74)71-32-24-28-47(71)55(82-19)42(7)56(75)67-46(34-44-26-22-21-23-27-44)57(76)64-30-25-33-83-60(79)43(8)66-49(73)29-31-65-61(80)84-38-51(86-63(12,13)14)85-45(37-72)36-62(9,10)11/h21-23,26-27,39-43,45-48,51-55,72H,20,24-25,28-38H2,1-19H3,(H,64,76)(H,65,80)(H,66,73)(H,67,75)(H,68,77)/t41-,42+,43-,45?,46-,47-,48+,51?,52?,53?,54?,55+/m0/s1. The van der Waals surface area contributed by atoms with Crippen molar-refractivity contribution in [2.24, 2.45) is 29.1 Å². The smallest absolute Gasteiger partial charge is 0.407 e. The largest absolute Gasteiger partial charge is 0.464 e. The van der Waals surface area contributed by atoms with Crippen molar-refractivity contribution in [3.05, 3.63) is 35.9 Å². The molecule has 1 fully saturated rings. The van der Waals surface area contributed by atoms with E-state index in [9.17, 15) is 43.5 Å². The number of likely N-dealkylation sites (tertiary alicyclic amines) is 1. The molecular weight excluding hydrogens is 1110 g/mol. The van der Waals surface area contributed by atoms with E-state index in [4.69, 9.17) is 28.4 Å². The van der Waals surface area contributed by atoms with Gasteiger partial charge < -0.3 is 69.9 Å². The van der Waals surface area contributed by atoms with Crippen LogP contribution in [0.25, 0.3) is 0 Å². The van der Waals surface area contributed by atoms with Crippen LogP contribution in [0.2, 0.25) is 0 Å². The van der Waals surface area contributed by atoms with Crippen molar-refractivity contribution in [2.45, 2.75) is 215 Å². The molecule has 86 heavy (non-hydrogen) atoms. The van der Waals surface area contributed by atoms with E-state index in [1.54, 1.807) is 23.8 Å². The zero-order valence-corrected chi connectivity index (χ0v) is 55.4. The number of esters is 1. The Balaban J connectivity index is 2.05. The van der Waals surface area contributed by atoms with Gasteiger partial charge in [-0.25, -0.2) is 9.59 Å². The Morgan fingerprint density at radius 1 is 0.791 bits per heavy atom. The van der Waals surface area contributed by atoms with Gasteiger partial charge in [-0.1, -0.05) is 106 Å². The molecule has 0 aliphatic carbocycles. The molecular formula is C63H110N8O15. The Kier molecular flexibility index (Phi) is 33.3. The number of carbonyl (C=O) groups excluding carboxylic acids is 8. The molecule has 492 valence electrons. The van der Waals surface area contributed by atoms with E-state index >= 15 is 0 Å². The highest BCUT2D eigenvalue weighted by Gasteiger charge is 2.44. The van der Waals surface area contributed by atoms with Crippen LogP contribution in [0.5, 0.6) is 0 Å². The molecule has 1 aromatic carbocycles. The normalized spacial score (nSPS) is 17.7. The fourth-order valence-electron chi connectivity index (χ4n) is 10.9. The van der Waals surface area contributed by atoms with Crippen LogP contribution in [-0.4, -0.2) is 209 Å². The predicted octanol–water partition coefficient (Wildman–Crippen LogP) is 4.99. The minimum Gasteiger partial charge on any atom is -0.464 e. The van der Waals surface area contributed by atoms with Crippen molar-refractivity contribution in [1.29, 1.82) is 0 Å². The average molecular weight is 1220 g/mol. The summed E-state index contributed by atoms with van der Waals surface area (Å²) in [5.74, 6) is -4.03. The summed E-state index contributed by atoms with van der Waals surface area (Å²) in [6.45, 7) is 26.2. The average Bonchev–Trinajstić information content (AvgIpc) is 3.54. The molecule has 0 aromatic heterocycles. The number of aliphatic hydroxyl groups excluding tert-OH is 1. The van der Waals surface area contributed by atoms with E-state index in [0.29, 0.717) is 32.2 Å². The summed E-state index contributed by atoms with van der Waals surface area (Å²) in [5.41, 5.74) is 0.0265. The molecule has 1 aliphatic rings. The minimum atomic E-state index is -1.02. The van der Waals surface area contributed by atoms with Crippen LogP contribution in [0, 0.1) is 29.1 Å². The van der Waals surface area contributed by atoms with E-state index in [1.807, 2.05) is 132 Å². The number of hydrogen-bond donors (Lipinski definition) is 6. The molecule has 23 nitrogen and oxygen atoms in total. The first kappa shape index (κ1) is 76.6. The number of aliphatic hydroxyl groups is 1. The Morgan fingerprint density at radius 3 is 1.99 bits per heavy atom. The van der Waals surface area contributed by atoms with Gasteiger partial charge in [-0.2, -0.15) is 0 Å². The topological polar surface area (TPSA) is 282 Å². The summed E-state index contributed by atoms with van der Waals surface area (Å²) in [6.07, 6.45) is -1.18. The minimum absolute atomic E-state index is 0.00228. The van der Waals surface area contributed by atoms with Gasteiger partial charge in [-0.15, -0.1) is 0 Å². The zero-order valence-electron chi connectivity index (χ0n) is 55.4. The van der Waals surface area contributed by atoms with E-state index in [0.717, 1.165) is 5.56 Å². The molecule has 5 unspecified atom stereocenters. The van der Waals surface area contributed by atoms with E-state index < -0.39 is 102 Å². The van der Waals surface area contributed by atoms with Gasteiger partial charge in [0.15, 0.2) is 6.29 Å². The first-order chi connectivity index (χ1) is 40.2. The zero-order chi connectivity index (χ0) is 65.2. The van der Waals surface area contributed by atoms with Gasteiger partial charge >= 0.3 is 12.1 Å². The number of nitrogens with one attached hydrogen (secondary N) is 5. The van der Waals surface area contributed by atoms with Crippen molar-refractivity contribution >= 4 is 47.5 Å². The molecule has 1 aromatic rings. The number of hydrogen-bond acceptors (Lipinski definition) is 16. The van der Waals surface area contributed by atoms with Crippen LogP contribution in [0.15, 0.2) is 30.3 Å². The Hall–Kier alpha value is -5.46. The van der Waals surface area contributed by atoms with E-state index in [2.05, 4.69) is 26.6 Å². The molecule has 2 rings (SSSR count). The highest BCUT2D eigenvalue weighted by molar-refractivity contribution is 5.91. The summed E-state index contributed by atoms with van der Waals surface area (Å²) < 4.78 is 34.7. The Labute approximate surface area is 513 Å². The number of nitrogens with zero attached hydrogens (tertiary/aromatic N) is 3. The van der Waals surface area contributed by atoms with Gasteiger partial charge in [0, 0.05) is 53.7 Å². The maximum atomic E-state index is 14.5. The van der Waals surface area contributed by atoms with E-state index in [-0.39, 0.29) is 99.5 Å². The maximum absolute atomic E-state index is 14.5. The van der Waals surface area contributed by atoms with Crippen LogP contribution in [0.4, 0.5) is 4.79 Å². The summed E-state index contributed by atoms with van der Waals surface area (Å²) >= 11 is 0. The quantitative estimate of drug-likeness (QED) is 0.0291. The fourth-order valence-corrected chi connectivity index (χ4v) is 10.9. The lowest BCUT2D eigenvalue weighted by molar-refractivity contribution is -0.236. The SMILES string of the molecule is CC[C@H](C)C([C@@H](CC(=O)N1CCC[C@H]1[C@H](OC)[C@@H](C)C(=O)N[C@@H](Cc1ccccc1)C(=O)NCCCOC(=O)[C@H](C)NC(=O)CCNC(=O)OCC(OC(CO)CC(C)(C)C)OC(C)(C)C)OC)N(C)C(=O)C(NC(=O)C(C(C)C)N(C)C)C(C)C. The molecule has 0 spiro atoms. The lowest BCUT2D eigenvalue weighted by atomic mass is 9.89. The van der Waals surface area contributed by atoms with E-state index in [1.165, 1.54) is 21.1 Å². The first-order valence-corrected chi connectivity index (χ1v) is 30.7. The molecule has 12 atom stereocenters. The molecule has 23 heteroatoms. The first-order valence-electron chi connectivity index (χ1n) is 30.7. The summed E-state index contributed by atoms with van der Waals surface area (Å²) in [7, 11) is 8.40. The Bertz CT molecular complexity index is 2250. The second-order valence-corrected chi connectivity index (χ2v) is 26.0. The monoisotopic (exact) mass is 1220 g/mol. The second kappa shape index (κ2) is 37.4. The van der Waals surface area contributed by atoms with Crippen LogP contribution in [-0.2, 0) is 68.4 Å². The number of methoxy groups -OCH3 is 2. The molecule has 7 amide bonds. The van der Waals surface area contributed by atoms with Crippen LogP contribution >= 0.6 is 0 Å². The molecule has 0 saturated carbocycles. The van der Waals surface area contributed by atoms with Gasteiger partial charge in [0.2, 0.25) is 35.4 Å². The number of alkyl carbamates (subject to hydrolysis) is 1. The number of amides is 7. The lowest BCUT2D eigenvalue weighted by Crippen LogP contribution is -2.59. The summed E-state index contributed by atoms with van der Waals surface area (Å²) in [6, 6.07) is 4.90. The van der Waals surface area contributed by atoms with Gasteiger partial charge in [0.05, 0.1) is 67.6 Å². The van der Waals surface area contributed by atoms with Crippen LogP contribution < -0.4 is 26.6 Å². The van der Waals surface area contributed by atoms with Crippen molar-refractivity contribution in [3.8, 4) is 0 Å². The van der Waals surface area contributed by atoms with Gasteiger partial charge in [0.1, 0.15) is 24.7 Å². The van der Waals surface area contributed by atoms with Crippen molar-refractivity contribution in [1.82, 2.24) is 41.3 Å². The highest BCUT2D eigenvalue weighted by atomic mass is 16.7. The van der Waals surface area contributed by atoms with Crippen molar-refractivity contribution < 1.29 is 71.9 Å². The highest BCUT2D eigenvalue weighted by Crippen LogP contribution is 2.30. The third-order valence-electron chi connectivity index (χ3n) is 15.3. The third-order valence-corrected chi connectivity index (χ3v) is 15.3. The predicted molar refractivity (Wildman–Crippen MR) is 328 cm³/mol. The maximum Gasteiger partial charge on any atom is 0.407 e. The third kappa shape index (κ3) is 26.5. The molecule has 1 heterocycles. The molecule has 0 bridgehead atoms. The summed E-state index contributed by atoms with van der Waals surface area (Å²) in [5, 5.41) is 23.7. The number of benzene rings is 1. The molecule has 6 N–H and O–H groups in total. The molecule has 0 radical (unpaired) electrons. The van der Waals surface area contributed by atoms with Crippen LogP contribution in [0.1, 0.15) is 147 Å². The lowest BCUT2D eigenvalue weighted by Gasteiger charge is -2.41. The Morgan fingerprint density at radius 2 is 1.44 bits per heavy atom. The molecule has 1 saturated heterocycles. The van der Waals surface area contributed by atoms with Crippen molar-refractivity contribution in [2.75, 3.05) is 74.8 Å². The van der Waals surface area contributed by atoms with Gasteiger partial charge in [-0.05, 0) is 96.2 Å². The fraction of sp³-hybridized carbons (Fsp3) is 0.778. The van der Waals surface area contributed by atoms with Gasteiger partial charge in [-0.3, -0.25) is 33.7 Å². The second-order valence-electron chi connectivity index (χ2n) is 26.0. The summed E-state index contributed by atoms with van der Waals surface area (Å²) in [4.78, 5) is 114. The van der Waals surface area contributed by atoms with Crippen LogP contribution in [0.3, 0.4) is 0 Å². The number of rotatable bonds is 37. The number of carbonyl (C=O) groups is 8. The van der Waals surface area contributed by atoms with Crippen molar-refractivity contribution in [3.63, 3.8) is 0 Å². The number of ether oxygens (including phenoxy) is 6. The van der Waals surface area contributed by atoms with Gasteiger partial charge in [0.25, 0.3) is 0 Å². The number of likely N-dealkylation sites (N-methyl/N-ethyl adjacent to an activating group) is 2. The molecule has 1 aliphatic heterocycles.